The SMILES string of the molecule is C[C@@H](NC(=O)c1ccc2c(ccn2Cc2ccc(F)cc2F)c1)c1ccc([N+](=O)[O-])cc1. The summed E-state index contributed by atoms with van der Waals surface area (Å²) in [6, 6.07) is 16.2. The van der Waals surface area contributed by atoms with E-state index in [0.29, 0.717) is 11.1 Å². The van der Waals surface area contributed by atoms with Gasteiger partial charge in [0.25, 0.3) is 11.6 Å². The summed E-state index contributed by atoms with van der Waals surface area (Å²) in [4.78, 5) is 23.0. The summed E-state index contributed by atoms with van der Waals surface area (Å²) < 4.78 is 29.0. The van der Waals surface area contributed by atoms with E-state index in [9.17, 15) is 23.7 Å². The minimum Gasteiger partial charge on any atom is -0.346 e. The van der Waals surface area contributed by atoms with E-state index in [2.05, 4.69) is 5.32 Å². The van der Waals surface area contributed by atoms with E-state index in [4.69, 9.17) is 0 Å². The highest BCUT2D eigenvalue weighted by atomic mass is 19.1. The fourth-order valence-electron chi connectivity index (χ4n) is 3.56. The molecular weight excluding hydrogens is 416 g/mol. The molecule has 0 aliphatic heterocycles. The van der Waals surface area contributed by atoms with Crippen molar-refractivity contribution in [2.75, 3.05) is 0 Å². The molecular formula is C24H19F2N3O3. The number of nitro benzene ring substituents is 1. The van der Waals surface area contributed by atoms with Gasteiger partial charge in [-0.2, -0.15) is 0 Å². The van der Waals surface area contributed by atoms with Gasteiger partial charge < -0.3 is 9.88 Å². The van der Waals surface area contributed by atoms with E-state index in [0.717, 1.165) is 22.5 Å². The van der Waals surface area contributed by atoms with Crippen LogP contribution in [0.5, 0.6) is 0 Å². The molecule has 162 valence electrons. The Morgan fingerprint density at radius 1 is 1.06 bits per heavy atom. The monoisotopic (exact) mass is 435 g/mol. The fraction of sp³-hybridized carbons (Fsp3) is 0.125. The van der Waals surface area contributed by atoms with Crippen LogP contribution in [0.2, 0.25) is 0 Å². The number of non-ortho nitro benzene ring substituents is 1. The van der Waals surface area contributed by atoms with Crippen molar-refractivity contribution in [3.8, 4) is 0 Å². The zero-order valence-electron chi connectivity index (χ0n) is 17.1. The van der Waals surface area contributed by atoms with E-state index in [-0.39, 0.29) is 24.2 Å². The molecule has 8 heteroatoms. The minimum atomic E-state index is -0.623. The molecule has 0 unspecified atom stereocenters. The zero-order valence-corrected chi connectivity index (χ0v) is 17.1. The Balaban J connectivity index is 1.50. The number of benzene rings is 3. The summed E-state index contributed by atoms with van der Waals surface area (Å²) in [5.41, 5.74) is 2.37. The second-order valence-corrected chi connectivity index (χ2v) is 7.50. The molecule has 0 radical (unpaired) electrons. The molecule has 0 saturated heterocycles. The summed E-state index contributed by atoms with van der Waals surface area (Å²) >= 11 is 0. The van der Waals surface area contributed by atoms with Gasteiger partial charge in [0, 0.05) is 46.4 Å². The molecule has 1 aromatic heterocycles. The van der Waals surface area contributed by atoms with E-state index in [1.807, 2.05) is 10.6 Å². The number of carbonyl (C=O) groups excluding carboxylic acids is 1. The summed E-state index contributed by atoms with van der Waals surface area (Å²) in [5.74, 6) is -1.51. The van der Waals surface area contributed by atoms with Crippen LogP contribution in [0.15, 0.2) is 72.9 Å². The fourth-order valence-corrected chi connectivity index (χ4v) is 3.56. The first-order chi connectivity index (χ1) is 15.3. The van der Waals surface area contributed by atoms with Crippen LogP contribution >= 0.6 is 0 Å². The van der Waals surface area contributed by atoms with E-state index >= 15 is 0 Å². The average molecular weight is 435 g/mol. The van der Waals surface area contributed by atoms with E-state index < -0.39 is 16.6 Å². The van der Waals surface area contributed by atoms with Crippen molar-refractivity contribution in [3.63, 3.8) is 0 Å². The first-order valence-electron chi connectivity index (χ1n) is 9.90. The van der Waals surface area contributed by atoms with Crippen LogP contribution in [0.4, 0.5) is 14.5 Å². The maximum absolute atomic E-state index is 14.0. The maximum atomic E-state index is 14.0. The number of fused-ring (bicyclic) bond motifs is 1. The third kappa shape index (κ3) is 4.34. The molecule has 4 aromatic rings. The number of nitro groups is 1. The predicted octanol–water partition coefficient (Wildman–Crippen LogP) is 5.37. The number of nitrogens with one attached hydrogen (secondary N) is 1. The molecule has 0 aliphatic carbocycles. The Kier molecular flexibility index (Phi) is 5.68. The van der Waals surface area contributed by atoms with Crippen molar-refractivity contribution in [1.29, 1.82) is 0 Å². The third-order valence-electron chi connectivity index (χ3n) is 5.34. The lowest BCUT2D eigenvalue weighted by Crippen LogP contribution is -2.26. The van der Waals surface area contributed by atoms with Gasteiger partial charge in [-0.05, 0) is 42.8 Å². The van der Waals surface area contributed by atoms with Crippen molar-refractivity contribution >= 4 is 22.5 Å². The summed E-state index contributed by atoms with van der Waals surface area (Å²) in [6.45, 7) is 2.03. The number of rotatable bonds is 6. The van der Waals surface area contributed by atoms with E-state index in [1.54, 1.807) is 43.5 Å². The van der Waals surface area contributed by atoms with Crippen molar-refractivity contribution < 1.29 is 18.5 Å². The van der Waals surface area contributed by atoms with E-state index in [1.165, 1.54) is 24.3 Å². The van der Waals surface area contributed by atoms with Crippen molar-refractivity contribution in [2.24, 2.45) is 0 Å². The minimum absolute atomic E-state index is 0.0113. The van der Waals surface area contributed by atoms with Gasteiger partial charge in [0.05, 0.1) is 17.5 Å². The lowest BCUT2D eigenvalue weighted by Gasteiger charge is -2.14. The zero-order chi connectivity index (χ0) is 22.8. The smallest absolute Gasteiger partial charge is 0.269 e. The van der Waals surface area contributed by atoms with Crippen molar-refractivity contribution in [1.82, 2.24) is 9.88 Å². The quantitative estimate of drug-likeness (QED) is 0.327. The highest BCUT2D eigenvalue weighted by Crippen LogP contribution is 2.22. The van der Waals surface area contributed by atoms with Crippen LogP contribution in [0.3, 0.4) is 0 Å². The first-order valence-corrected chi connectivity index (χ1v) is 9.90. The Morgan fingerprint density at radius 3 is 2.50 bits per heavy atom. The number of carbonyl (C=O) groups is 1. The molecule has 0 fully saturated rings. The molecule has 0 aliphatic rings. The number of nitrogens with zero attached hydrogens (tertiary/aromatic N) is 2. The van der Waals surface area contributed by atoms with Crippen LogP contribution < -0.4 is 5.32 Å². The summed E-state index contributed by atoms with van der Waals surface area (Å²) in [5, 5.41) is 14.5. The van der Waals surface area contributed by atoms with Gasteiger partial charge in [-0.1, -0.05) is 18.2 Å². The van der Waals surface area contributed by atoms with Gasteiger partial charge in [-0.3, -0.25) is 14.9 Å². The van der Waals surface area contributed by atoms with Gasteiger partial charge in [0.1, 0.15) is 11.6 Å². The standard InChI is InChI=1S/C24H19F2N3O3/c1-15(16-3-7-21(8-4-16)29(31)32)27-24(30)18-5-9-23-17(12-18)10-11-28(23)14-19-2-6-20(25)13-22(19)26/h2-13,15H,14H2,1H3,(H,27,30)/t15-/m1/s1. The number of aromatic nitrogens is 1. The van der Waals surface area contributed by atoms with Gasteiger partial charge in [-0.15, -0.1) is 0 Å². The highest BCUT2D eigenvalue weighted by Gasteiger charge is 2.14. The molecule has 1 amide bonds. The maximum Gasteiger partial charge on any atom is 0.269 e. The summed E-state index contributed by atoms with van der Waals surface area (Å²) in [7, 11) is 0. The molecule has 1 N–H and O–H groups in total. The average Bonchev–Trinajstić information content (AvgIpc) is 3.17. The number of amides is 1. The largest absolute Gasteiger partial charge is 0.346 e. The van der Waals surface area contributed by atoms with Crippen LogP contribution in [0.25, 0.3) is 10.9 Å². The lowest BCUT2D eigenvalue weighted by molar-refractivity contribution is -0.384. The van der Waals surface area contributed by atoms with Gasteiger partial charge in [-0.25, -0.2) is 8.78 Å². The van der Waals surface area contributed by atoms with Gasteiger partial charge in [0.15, 0.2) is 0 Å². The topological polar surface area (TPSA) is 77.2 Å². The van der Waals surface area contributed by atoms with Crippen LogP contribution in [-0.2, 0) is 6.54 Å². The van der Waals surface area contributed by atoms with Crippen LogP contribution in [0.1, 0.15) is 34.5 Å². The normalized spacial score (nSPS) is 12.0. The highest BCUT2D eigenvalue weighted by molar-refractivity contribution is 5.98. The molecule has 6 nitrogen and oxygen atoms in total. The Labute approximate surface area is 182 Å². The summed E-state index contributed by atoms with van der Waals surface area (Å²) in [6.07, 6.45) is 1.79. The second-order valence-electron chi connectivity index (χ2n) is 7.50. The molecule has 4 rings (SSSR count). The number of hydrogen-bond acceptors (Lipinski definition) is 3. The molecule has 0 saturated carbocycles. The Bertz CT molecular complexity index is 1320. The van der Waals surface area contributed by atoms with Gasteiger partial charge >= 0.3 is 0 Å². The number of hydrogen-bond donors (Lipinski definition) is 1. The molecule has 0 spiro atoms. The van der Waals surface area contributed by atoms with Crippen molar-refractivity contribution in [2.45, 2.75) is 19.5 Å². The molecule has 3 aromatic carbocycles. The predicted molar refractivity (Wildman–Crippen MR) is 116 cm³/mol. The molecule has 1 heterocycles. The van der Waals surface area contributed by atoms with Crippen LogP contribution in [-0.4, -0.2) is 15.4 Å². The Morgan fingerprint density at radius 2 is 1.81 bits per heavy atom. The Hall–Kier alpha value is -4.07. The van der Waals surface area contributed by atoms with Crippen LogP contribution in [0, 0.1) is 21.7 Å². The molecule has 0 bridgehead atoms. The number of halogens is 2. The lowest BCUT2D eigenvalue weighted by atomic mass is 10.1. The molecule has 32 heavy (non-hydrogen) atoms. The van der Waals surface area contributed by atoms with Gasteiger partial charge in [0.2, 0.25) is 0 Å². The molecule has 1 atom stereocenters. The van der Waals surface area contributed by atoms with Crippen molar-refractivity contribution in [3.05, 3.63) is 111 Å². The second kappa shape index (κ2) is 8.58. The first kappa shape index (κ1) is 21.2. The third-order valence-corrected chi connectivity index (χ3v) is 5.34.